The average molecular weight is 401 g/mol. The predicted molar refractivity (Wildman–Crippen MR) is 97.2 cm³/mol. The van der Waals surface area contributed by atoms with E-state index in [1.165, 1.54) is 13.1 Å². The molecule has 3 aromatic rings. The fraction of sp³-hybridized carbons (Fsp3) is 0.211. The normalized spacial score (nSPS) is 11.7. The topological polar surface area (TPSA) is 110 Å². The first-order valence-corrected chi connectivity index (χ1v) is 8.68. The summed E-state index contributed by atoms with van der Waals surface area (Å²) in [5.74, 6) is -2.70. The number of amides is 2. The van der Waals surface area contributed by atoms with Crippen LogP contribution in [0.4, 0.5) is 8.78 Å². The van der Waals surface area contributed by atoms with Gasteiger partial charge in [-0.3, -0.25) is 14.6 Å². The van der Waals surface area contributed by atoms with Gasteiger partial charge < -0.3 is 15.2 Å². The minimum Gasteiger partial charge on any atom is -0.357 e. The van der Waals surface area contributed by atoms with Crippen molar-refractivity contribution >= 4 is 11.8 Å². The van der Waals surface area contributed by atoms with Crippen molar-refractivity contribution in [2.75, 3.05) is 7.05 Å². The summed E-state index contributed by atoms with van der Waals surface area (Å²) in [5, 5.41) is 8.69. The molecule has 2 amide bonds. The molecule has 8 nitrogen and oxygen atoms in total. The number of carbonyl (C=O) groups is 2. The van der Waals surface area contributed by atoms with E-state index in [9.17, 15) is 18.4 Å². The van der Waals surface area contributed by atoms with E-state index in [4.69, 9.17) is 4.52 Å². The summed E-state index contributed by atoms with van der Waals surface area (Å²) in [6.07, 6.45) is 1.67. The smallest absolute Gasteiger partial charge is 0.246 e. The van der Waals surface area contributed by atoms with Gasteiger partial charge >= 0.3 is 0 Å². The van der Waals surface area contributed by atoms with Crippen LogP contribution < -0.4 is 10.6 Å². The van der Waals surface area contributed by atoms with E-state index < -0.39 is 29.5 Å². The second kappa shape index (κ2) is 9.00. The van der Waals surface area contributed by atoms with Crippen molar-refractivity contribution in [2.24, 2.45) is 0 Å². The van der Waals surface area contributed by atoms with Crippen LogP contribution in [0.25, 0.3) is 11.5 Å². The summed E-state index contributed by atoms with van der Waals surface area (Å²) >= 11 is 0. The Morgan fingerprint density at radius 2 is 2.00 bits per heavy atom. The van der Waals surface area contributed by atoms with Gasteiger partial charge in [0.1, 0.15) is 11.7 Å². The van der Waals surface area contributed by atoms with Gasteiger partial charge in [-0.05, 0) is 29.8 Å². The summed E-state index contributed by atoms with van der Waals surface area (Å²) in [5.41, 5.74) is 0.650. The lowest BCUT2D eigenvalue weighted by Crippen LogP contribution is -2.39. The van der Waals surface area contributed by atoms with Gasteiger partial charge in [0.05, 0.1) is 0 Å². The van der Waals surface area contributed by atoms with Gasteiger partial charge in [0.15, 0.2) is 11.6 Å². The van der Waals surface area contributed by atoms with Crippen LogP contribution in [0.5, 0.6) is 0 Å². The Labute approximate surface area is 164 Å². The van der Waals surface area contributed by atoms with E-state index in [0.29, 0.717) is 11.5 Å². The molecule has 3 rings (SSSR count). The van der Waals surface area contributed by atoms with Crippen molar-refractivity contribution in [3.8, 4) is 11.5 Å². The number of nitrogens with one attached hydrogen (secondary N) is 2. The van der Waals surface area contributed by atoms with Gasteiger partial charge in [0, 0.05) is 26.1 Å². The molecule has 0 bridgehead atoms. The first kappa shape index (κ1) is 20.1. The second-order valence-corrected chi connectivity index (χ2v) is 6.02. The van der Waals surface area contributed by atoms with E-state index in [0.717, 1.165) is 12.1 Å². The average Bonchev–Trinajstić information content (AvgIpc) is 3.22. The third-order valence-corrected chi connectivity index (χ3v) is 4.02. The fourth-order valence-electron chi connectivity index (χ4n) is 2.55. The highest BCUT2D eigenvalue weighted by molar-refractivity contribution is 5.88. The highest BCUT2D eigenvalue weighted by Gasteiger charge is 2.23. The van der Waals surface area contributed by atoms with Gasteiger partial charge in [-0.2, -0.15) is 4.98 Å². The number of likely N-dealkylation sites (N-methyl/N-ethyl adjacent to an activating group) is 1. The monoisotopic (exact) mass is 401 g/mol. The van der Waals surface area contributed by atoms with Crippen molar-refractivity contribution in [2.45, 2.75) is 18.9 Å². The van der Waals surface area contributed by atoms with Crippen molar-refractivity contribution in [1.82, 2.24) is 25.8 Å². The van der Waals surface area contributed by atoms with E-state index in [-0.39, 0.29) is 24.3 Å². The highest BCUT2D eigenvalue weighted by atomic mass is 19.2. The van der Waals surface area contributed by atoms with Crippen LogP contribution in [0.3, 0.4) is 0 Å². The van der Waals surface area contributed by atoms with E-state index in [2.05, 4.69) is 25.8 Å². The molecule has 2 aromatic heterocycles. The van der Waals surface area contributed by atoms with Crippen LogP contribution in [-0.4, -0.2) is 34.0 Å². The highest BCUT2D eigenvalue weighted by Crippen LogP contribution is 2.18. The Balaban J connectivity index is 1.64. The third kappa shape index (κ3) is 4.98. The van der Waals surface area contributed by atoms with Crippen molar-refractivity contribution in [3.63, 3.8) is 0 Å². The van der Waals surface area contributed by atoms with Crippen molar-refractivity contribution in [1.29, 1.82) is 0 Å². The van der Waals surface area contributed by atoms with Gasteiger partial charge in [-0.25, -0.2) is 8.78 Å². The minimum atomic E-state index is -1.17. The molecule has 0 saturated carbocycles. The fourth-order valence-corrected chi connectivity index (χ4v) is 2.55. The number of benzene rings is 1. The number of pyridine rings is 1. The lowest BCUT2D eigenvalue weighted by molar-refractivity contribution is -0.128. The van der Waals surface area contributed by atoms with E-state index in [1.54, 1.807) is 24.4 Å². The molecule has 0 fully saturated rings. The molecule has 150 valence electrons. The first-order chi connectivity index (χ1) is 14.0. The zero-order valence-electron chi connectivity index (χ0n) is 15.4. The number of aromatic nitrogens is 3. The molecule has 2 heterocycles. The minimum absolute atomic E-state index is 0.0545. The Hall–Kier alpha value is -3.69. The molecule has 0 saturated heterocycles. The third-order valence-electron chi connectivity index (χ3n) is 4.02. The molecular formula is C19H17F2N5O3. The molecule has 1 aromatic carbocycles. The summed E-state index contributed by atoms with van der Waals surface area (Å²) < 4.78 is 31.8. The molecule has 2 N–H and O–H groups in total. The molecule has 0 aliphatic rings. The molecule has 0 radical (unpaired) electrons. The number of carbonyl (C=O) groups excluding carboxylic acids is 2. The lowest BCUT2D eigenvalue weighted by Gasteiger charge is -2.17. The number of halogens is 2. The Morgan fingerprint density at radius 3 is 2.69 bits per heavy atom. The molecule has 0 aliphatic heterocycles. The first-order valence-electron chi connectivity index (χ1n) is 8.68. The van der Waals surface area contributed by atoms with Gasteiger partial charge in [0.25, 0.3) is 0 Å². The number of rotatable bonds is 7. The number of aryl methyl sites for hydroxylation is 1. The standard InChI is InChI=1S/C19H17F2N5O3/c1-22-19(28)17(11-5-6-12(20)13(21)10-11)24-15(27)7-8-16-25-18(26-29-16)14-4-2-3-9-23-14/h2-6,9-10,17H,7-8H2,1H3,(H,22,28)(H,24,27). The summed E-state index contributed by atoms with van der Waals surface area (Å²) in [7, 11) is 1.37. The van der Waals surface area contributed by atoms with Crippen LogP contribution in [0, 0.1) is 11.6 Å². The number of hydrogen-bond acceptors (Lipinski definition) is 6. The summed E-state index contributed by atoms with van der Waals surface area (Å²) in [6.45, 7) is 0. The van der Waals surface area contributed by atoms with Crippen LogP contribution in [-0.2, 0) is 16.0 Å². The molecule has 0 spiro atoms. The Morgan fingerprint density at radius 1 is 1.17 bits per heavy atom. The maximum atomic E-state index is 13.5. The zero-order chi connectivity index (χ0) is 20.8. The second-order valence-electron chi connectivity index (χ2n) is 6.02. The lowest BCUT2D eigenvalue weighted by atomic mass is 10.1. The molecular weight excluding hydrogens is 384 g/mol. The molecule has 29 heavy (non-hydrogen) atoms. The SMILES string of the molecule is CNC(=O)C(NC(=O)CCc1nc(-c2ccccn2)no1)c1ccc(F)c(F)c1. The summed E-state index contributed by atoms with van der Waals surface area (Å²) in [6, 6.07) is 7.08. The Bertz CT molecular complexity index is 1010. The number of nitrogens with zero attached hydrogens (tertiary/aromatic N) is 3. The van der Waals surface area contributed by atoms with Gasteiger partial charge in [-0.15, -0.1) is 0 Å². The van der Waals surface area contributed by atoms with E-state index >= 15 is 0 Å². The van der Waals surface area contributed by atoms with Crippen LogP contribution in [0.1, 0.15) is 23.9 Å². The maximum Gasteiger partial charge on any atom is 0.246 e. The molecule has 0 aliphatic carbocycles. The van der Waals surface area contributed by atoms with Crippen LogP contribution in [0.15, 0.2) is 47.1 Å². The van der Waals surface area contributed by atoms with Crippen LogP contribution in [0.2, 0.25) is 0 Å². The summed E-state index contributed by atoms with van der Waals surface area (Å²) in [4.78, 5) is 32.7. The molecule has 10 heteroatoms. The van der Waals surface area contributed by atoms with Crippen LogP contribution >= 0.6 is 0 Å². The largest absolute Gasteiger partial charge is 0.357 e. The maximum absolute atomic E-state index is 13.5. The Kier molecular flexibility index (Phi) is 6.22. The van der Waals surface area contributed by atoms with Crippen molar-refractivity contribution < 1.29 is 22.9 Å². The molecule has 1 atom stereocenters. The van der Waals surface area contributed by atoms with Crippen molar-refractivity contribution in [3.05, 3.63) is 65.7 Å². The predicted octanol–water partition coefficient (Wildman–Crippen LogP) is 1.95. The van der Waals surface area contributed by atoms with Gasteiger partial charge in [0.2, 0.25) is 23.5 Å². The van der Waals surface area contributed by atoms with Gasteiger partial charge in [-0.1, -0.05) is 17.3 Å². The van der Waals surface area contributed by atoms with E-state index in [1.807, 2.05) is 0 Å². The molecule has 1 unspecified atom stereocenters. The quantitative estimate of drug-likeness (QED) is 0.626. The number of hydrogen-bond donors (Lipinski definition) is 2. The zero-order valence-corrected chi connectivity index (χ0v) is 15.4.